The van der Waals surface area contributed by atoms with Gasteiger partial charge in [0.1, 0.15) is 5.70 Å². The highest BCUT2D eigenvalue weighted by molar-refractivity contribution is 7.94. The van der Waals surface area contributed by atoms with E-state index < -0.39 is 33.1 Å². The number of Topliss-reactive ketones (excluding diaryl/α,β-unsaturated/α-hetero) is 2. The molecule has 0 bridgehead atoms. The number of hydrogen-bond donors (Lipinski definition) is 2. The van der Waals surface area contributed by atoms with Gasteiger partial charge in [-0.25, -0.2) is 13.1 Å². The van der Waals surface area contributed by atoms with E-state index in [4.69, 9.17) is 5.11 Å². The fourth-order valence-corrected chi connectivity index (χ4v) is 4.40. The molecule has 2 aliphatic rings. The SMILES string of the molecule is O=C1C(N2CCCC2)=C(S(=O)(=O)NCCO)C(=O)c2ccccc21. The van der Waals surface area contributed by atoms with Crippen LogP contribution in [0.15, 0.2) is 34.9 Å². The Morgan fingerprint density at radius 2 is 1.62 bits per heavy atom. The standard InChI is InChI=1S/C16H18N2O5S/c19-10-7-17-24(22,23)16-13(18-8-3-4-9-18)14(20)11-5-1-2-6-12(11)15(16)21/h1-2,5-6,17,19H,3-4,7-10H2. The highest BCUT2D eigenvalue weighted by Gasteiger charge is 2.41. The Hall–Kier alpha value is -2.03. The van der Waals surface area contributed by atoms with Crippen molar-refractivity contribution in [2.45, 2.75) is 12.8 Å². The first kappa shape index (κ1) is 16.8. The smallest absolute Gasteiger partial charge is 0.246 e. The second-order valence-corrected chi connectivity index (χ2v) is 7.40. The first-order chi connectivity index (χ1) is 11.5. The van der Waals surface area contributed by atoms with E-state index in [1.54, 1.807) is 17.0 Å². The van der Waals surface area contributed by atoms with Crippen LogP contribution < -0.4 is 4.72 Å². The quantitative estimate of drug-likeness (QED) is 0.791. The number of carbonyl (C=O) groups is 2. The van der Waals surface area contributed by atoms with Gasteiger partial charge in [-0.05, 0) is 12.8 Å². The molecule has 1 aromatic rings. The number of hydrogen-bond acceptors (Lipinski definition) is 6. The molecule has 0 aromatic heterocycles. The number of benzene rings is 1. The van der Waals surface area contributed by atoms with Crippen molar-refractivity contribution in [2.24, 2.45) is 0 Å². The minimum absolute atomic E-state index is 0.0540. The maximum absolute atomic E-state index is 12.9. The summed E-state index contributed by atoms with van der Waals surface area (Å²) in [4.78, 5) is 26.9. The molecular formula is C16H18N2O5S. The van der Waals surface area contributed by atoms with E-state index in [-0.39, 0.29) is 23.4 Å². The highest BCUT2D eigenvalue weighted by atomic mass is 32.2. The molecule has 0 saturated carbocycles. The lowest BCUT2D eigenvalue weighted by atomic mass is 9.92. The number of sulfonamides is 1. The summed E-state index contributed by atoms with van der Waals surface area (Å²) in [5.74, 6) is -1.13. The van der Waals surface area contributed by atoms with Gasteiger partial charge in [-0.3, -0.25) is 9.59 Å². The van der Waals surface area contributed by atoms with Crippen LogP contribution in [0.1, 0.15) is 33.6 Å². The maximum Gasteiger partial charge on any atom is 0.246 e. The summed E-state index contributed by atoms with van der Waals surface area (Å²) in [5.41, 5.74) is 0.266. The van der Waals surface area contributed by atoms with Crippen LogP contribution in [0.25, 0.3) is 0 Å². The summed E-state index contributed by atoms with van der Waals surface area (Å²) >= 11 is 0. The summed E-state index contributed by atoms with van der Waals surface area (Å²) in [6.07, 6.45) is 1.67. The average Bonchev–Trinajstić information content (AvgIpc) is 3.10. The first-order valence-electron chi connectivity index (χ1n) is 7.75. The molecule has 2 N–H and O–H groups in total. The number of rotatable bonds is 5. The number of aliphatic hydroxyl groups is 1. The van der Waals surface area contributed by atoms with E-state index in [1.807, 2.05) is 0 Å². The Labute approximate surface area is 140 Å². The van der Waals surface area contributed by atoms with Gasteiger partial charge in [-0.15, -0.1) is 0 Å². The molecule has 0 radical (unpaired) electrons. The zero-order valence-electron chi connectivity index (χ0n) is 13.0. The van der Waals surface area contributed by atoms with Crippen molar-refractivity contribution in [3.05, 3.63) is 46.0 Å². The van der Waals surface area contributed by atoms with Crippen LogP contribution in [0.5, 0.6) is 0 Å². The van der Waals surface area contributed by atoms with E-state index in [2.05, 4.69) is 4.72 Å². The summed E-state index contributed by atoms with van der Waals surface area (Å²) < 4.78 is 27.4. The lowest BCUT2D eigenvalue weighted by Gasteiger charge is -2.27. The van der Waals surface area contributed by atoms with E-state index in [0.29, 0.717) is 13.1 Å². The molecule has 0 unspecified atom stereocenters. The molecule has 1 saturated heterocycles. The molecule has 1 heterocycles. The van der Waals surface area contributed by atoms with Crippen LogP contribution in [0.2, 0.25) is 0 Å². The third-order valence-corrected chi connectivity index (χ3v) is 5.65. The van der Waals surface area contributed by atoms with Crippen LogP contribution in [0, 0.1) is 0 Å². The largest absolute Gasteiger partial charge is 0.395 e. The van der Waals surface area contributed by atoms with Crippen LogP contribution in [0.3, 0.4) is 0 Å². The molecule has 128 valence electrons. The number of nitrogens with zero attached hydrogens (tertiary/aromatic N) is 1. The van der Waals surface area contributed by atoms with Gasteiger partial charge in [0.2, 0.25) is 21.6 Å². The third kappa shape index (κ3) is 2.77. The second kappa shape index (κ2) is 6.46. The molecule has 24 heavy (non-hydrogen) atoms. The topological polar surface area (TPSA) is 104 Å². The van der Waals surface area contributed by atoms with Crippen LogP contribution in [-0.2, 0) is 10.0 Å². The Morgan fingerprint density at radius 1 is 1.04 bits per heavy atom. The van der Waals surface area contributed by atoms with E-state index in [0.717, 1.165) is 12.8 Å². The lowest BCUT2D eigenvalue weighted by Crippen LogP contribution is -2.39. The molecular weight excluding hydrogens is 332 g/mol. The van der Waals surface area contributed by atoms with Crippen molar-refractivity contribution in [3.63, 3.8) is 0 Å². The van der Waals surface area contributed by atoms with Gasteiger partial charge in [-0.1, -0.05) is 24.3 Å². The fourth-order valence-electron chi connectivity index (χ4n) is 3.07. The number of nitrogens with one attached hydrogen (secondary N) is 1. The second-order valence-electron chi connectivity index (χ2n) is 5.70. The zero-order chi connectivity index (χ0) is 17.3. The van der Waals surface area contributed by atoms with Gasteiger partial charge in [0.25, 0.3) is 0 Å². The molecule has 8 heteroatoms. The Kier molecular flexibility index (Phi) is 4.53. The van der Waals surface area contributed by atoms with Crippen molar-refractivity contribution < 1.29 is 23.1 Å². The summed E-state index contributed by atoms with van der Waals surface area (Å²) in [6, 6.07) is 6.24. The van der Waals surface area contributed by atoms with Crippen LogP contribution in [-0.4, -0.2) is 56.2 Å². The van der Waals surface area contributed by atoms with Gasteiger partial charge in [-0.2, -0.15) is 0 Å². The maximum atomic E-state index is 12.9. The summed E-state index contributed by atoms with van der Waals surface area (Å²) in [5, 5.41) is 8.88. The number of likely N-dealkylation sites (tertiary alicyclic amines) is 1. The van der Waals surface area contributed by atoms with Gasteiger partial charge >= 0.3 is 0 Å². The van der Waals surface area contributed by atoms with Crippen LogP contribution >= 0.6 is 0 Å². The normalized spacial score (nSPS) is 18.3. The number of aliphatic hydroxyl groups excluding tert-OH is 1. The van der Waals surface area contributed by atoms with Crippen molar-refractivity contribution >= 4 is 21.6 Å². The van der Waals surface area contributed by atoms with E-state index >= 15 is 0 Å². The van der Waals surface area contributed by atoms with E-state index in [1.165, 1.54) is 12.1 Å². The molecule has 1 aliphatic heterocycles. The average molecular weight is 350 g/mol. The number of carbonyl (C=O) groups excluding carboxylic acids is 2. The Balaban J connectivity index is 2.19. The van der Waals surface area contributed by atoms with Crippen molar-refractivity contribution in [3.8, 4) is 0 Å². The lowest BCUT2D eigenvalue weighted by molar-refractivity contribution is 0.0952. The van der Waals surface area contributed by atoms with Gasteiger partial charge in [0.15, 0.2) is 4.91 Å². The Morgan fingerprint density at radius 3 is 2.21 bits per heavy atom. The first-order valence-corrected chi connectivity index (χ1v) is 9.24. The molecule has 0 atom stereocenters. The third-order valence-electron chi connectivity index (χ3n) is 4.15. The molecule has 3 rings (SSSR count). The Bertz CT molecular complexity index is 823. The van der Waals surface area contributed by atoms with Crippen molar-refractivity contribution in [2.75, 3.05) is 26.2 Å². The number of fused-ring (bicyclic) bond motifs is 1. The van der Waals surface area contributed by atoms with Crippen molar-refractivity contribution in [1.82, 2.24) is 9.62 Å². The summed E-state index contributed by atoms with van der Waals surface area (Å²) in [6.45, 7) is 0.456. The zero-order valence-corrected chi connectivity index (χ0v) is 13.8. The van der Waals surface area contributed by atoms with Gasteiger partial charge < -0.3 is 10.0 Å². The predicted octanol–water partition coefficient (Wildman–Crippen LogP) is 0.285. The molecule has 1 aromatic carbocycles. The van der Waals surface area contributed by atoms with E-state index in [9.17, 15) is 18.0 Å². The molecule has 0 spiro atoms. The molecule has 0 amide bonds. The monoisotopic (exact) mass is 350 g/mol. The number of ketones is 2. The molecule has 1 aliphatic carbocycles. The highest BCUT2D eigenvalue weighted by Crippen LogP contribution is 2.32. The molecule has 7 nitrogen and oxygen atoms in total. The van der Waals surface area contributed by atoms with Gasteiger partial charge in [0, 0.05) is 30.8 Å². The van der Waals surface area contributed by atoms with Crippen molar-refractivity contribution in [1.29, 1.82) is 0 Å². The fraction of sp³-hybridized carbons (Fsp3) is 0.375. The minimum atomic E-state index is -4.20. The summed E-state index contributed by atoms with van der Waals surface area (Å²) in [7, 11) is -4.20. The predicted molar refractivity (Wildman–Crippen MR) is 86.9 cm³/mol. The minimum Gasteiger partial charge on any atom is -0.395 e. The molecule has 1 fully saturated rings. The van der Waals surface area contributed by atoms with Crippen LogP contribution in [0.4, 0.5) is 0 Å². The van der Waals surface area contributed by atoms with Gasteiger partial charge in [0.05, 0.1) is 6.61 Å². The number of allylic oxidation sites excluding steroid dienone is 2.